The number of hydrogen-bond donors (Lipinski definition) is 2. The van der Waals surface area contributed by atoms with Crippen LogP contribution in [0.5, 0.6) is 0 Å². The van der Waals surface area contributed by atoms with Gasteiger partial charge in [-0.25, -0.2) is 0 Å². The van der Waals surface area contributed by atoms with Gasteiger partial charge in [0.05, 0.1) is 6.04 Å². The number of rotatable bonds is 4. The first-order chi connectivity index (χ1) is 6.65. The van der Waals surface area contributed by atoms with Crippen molar-refractivity contribution in [2.45, 2.75) is 45.6 Å². The standard InChI is InChI=1S/C11H22N2O/c1-3-4-8(2)9-5-6-13-10(7-9)11(12)14/h8-10,13H,3-7H2,1-2H3,(H2,12,14). The molecule has 0 aliphatic carbocycles. The first kappa shape index (κ1) is 11.5. The molecule has 0 radical (unpaired) electrons. The summed E-state index contributed by atoms with van der Waals surface area (Å²) < 4.78 is 0. The van der Waals surface area contributed by atoms with E-state index in [0.29, 0.717) is 5.92 Å². The second-order valence-electron chi connectivity index (χ2n) is 4.46. The number of piperidine rings is 1. The van der Waals surface area contributed by atoms with Crippen LogP contribution in [0, 0.1) is 11.8 Å². The highest BCUT2D eigenvalue weighted by atomic mass is 16.1. The van der Waals surface area contributed by atoms with Crippen LogP contribution in [0.15, 0.2) is 0 Å². The summed E-state index contributed by atoms with van der Waals surface area (Å²) in [6, 6.07) is -0.0898. The van der Waals surface area contributed by atoms with Gasteiger partial charge in [-0.05, 0) is 31.2 Å². The molecular weight excluding hydrogens is 176 g/mol. The molecule has 3 nitrogen and oxygen atoms in total. The van der Waals surface area contributed by atoms with Crippen molar-refractivity contribution in [1.82, 2.24) is 5.32 Å². The summed E-state index contributed by atoms with van der Waals surface area (Å²) in [5, 5.41) is 3.17. The number of carbonyl (C=O) groups is 1. The lowest BCUT2D eigenvalue weighted by Crippen LogP contribution is -2.47. The molecule has 1 saturated heterocycles. The fraction of sp³-hybridized carbons (Fsp3) is 0.909. The van der Waals surface area contributed by atoms with Crippen molar-refractivity contribution in [3.05, 3.63) is 0 Å². The van der Waals surface area contributed by atoms with Crippen LogP contribution in [0.2, 0.25) is 0 Å². The van der Waals surface area contributed by atoms with Crippen molar-refractivity contribution in [3.8, 4) is 0 Å². The maximum Gasteiger partial charge on any atom is 0.234 e. The first-order valence-electron chi connectivity index (χ1n) is 5.67. The summed E-state index contributed by atoms with van der Waals surface area (Å²) in [5.41, 5.74) is 5.30. The van der Waals surface area contributed by atoms with E-state index in [1.807, 2.05) is 0 Å². The van der Waals surface area contributed by atoms with E-state index in [1.54, 1.807) is 0 Å². The van der Waals surface area contributed by atoms with Crippen LogP contribution >= 0.6 is 0 Å². The van der Waals surface area contributed by atoms with Crippen molar-refractivity contribution in [1.29, 1.82) is 0 Å². The predicted octanol–water partition coefficient (Wildman–Crippen LogP) is 1.28. The second-order valence-corrected chi connectivity index (χ2v) is 4.46. The molecule has 1 amide bonds. The largest absolute Gasteiger partial charge is 0.368 e. The van der Waals surface area contributed by atoms with E-state index >= 15 is 0 Å². The molecule has 0 aromatic carbocycles. The maximum atomic E-state index is 11.0. The van der Waals surface area contributed by atoms with Crippen LogP contribution in [0.3, 0.4) is 0 Å². The Morgan fingerprint density at radius 2 is 2.36 bits per heavy atom. The van der Waals surface area contributed by atoms with Crippen LogP contribution in [0.25, 0.3) is 0 Å². The third-order valence-electron chi connectivity index (χ3n) is 3.34. The Balaban J connectivity index is 2.43. The van der Waals surface area contributed by atoms with Crippen molar-refractivity contribution >= 4 is 5.91 Å². The number of nitrogens with two attached hydrogens (primary N) is 1. The minimum absolute atomic E-state index is 0.0898. The molecule has 1 heterocycles. The zero-order valence-electron chi connectivity index (χ0n) is 9.25. The molecular formula is C11H22N2O. The van der Waals surface area contributed by atoms with Gasteiger partial charge >= 0.3 is 0 Å². The fourth-order valence-corrected chi connectivity index (χ4v) is 2.37. The Morgan fingerprint density at radius 1 is 1.64 bits per heavy atom. The highest BCUT2D eigenvalue weighted by molar-refractivity contribution is 5.79. The maximum absolute atomic E-state index is 11.0. The molecule has 1 aliphatic rings. The molecule has 0 bridgehead atoms. The smallest absolute Gasteiger partial charge is 0.234 e. The first-order valence-corrected chi connectivity index (χ1v) is 5.67. The Hall–Kier alpha value is -0.570. The SMILES string of the molecule is CCCC(C)C1CCNC(C(N)=O)C1. The van der Waals surface area contributed by atoms with Gasteiger partial charge in [0.25, 0.3) is 0 Å². The quantitative estimate of drug-likeness (QED) is 0.715. The van der Waals surface area contributed by atoms with E-state index in [0.717, 1.165) is 18.9 Å². The lowest BCUT2D eigenvalue weighted by atomic mass is 9.81. The summed E-state index contributed by atoms with van der Waals surface area (Å²) >= 11 is 0. The zero-order valence-corrected chi connectivity index (χ0v) is 9.25. The Morgan fingerprint density at radius 3 is 2.93 bits per heavy atom. The minimum Gasteiger partial charge on any atom is -0.368 e. The van der Waals surface area contributed by atoms with Crippen LogP contribution in [-0.2, 0) is 4.79 Å². The molecule has 14 heavy (non-hydrogen) atoms. The van der Waals surface area contributed by atoms with Gasteiger partial charge in [-0.3, -0.25) is 4.79 Å². The molecule has 0 aromatic heterocycles. The summed E-state index contributed by atoms with van der Waals surface area (Å²) in [7, 11) is 0. The normalized spacial score (nSPS) is 29.9. The van der Waals surface area contributed by atoms with Gasteiger partial charge in [0.1, 0.15) is 0 Å². The van der Waals surface area contributed by atoms with E-state index in [9.17, 15) is 4.79 Å². The van der Waals surface area contributed by atoms with Crippen molar-refractivity contribution in [3.63, 3.8) is 0 Å². The Labute approximate surface area is 86.4 Å². The molecule has 82 valence electrons. The molecule has 3 heteroatoms. The molecule has 0 aromatic rings. The van der Waals surface area contributed by atoms with E-state index in [2.05, 4.69) is 19.2 Å². The number of hydrogen-bond acceptors (Lipinski definition) is 2. The Kier molecular flexibility index (Phi) is 4.39. The van der Waals surface area contributed by atoms with Gasteiger partial charge in [0.15, 0.2) is 0 Å². The number of nitrogens with one attached hydrogen (secondary N) is 1. The number of carbonyl (C=O) groups excluding carboxylic acids is 1. The molecule has 1 aliphatic heterocycles. The third kappa shape index (κ3) is 2.98. The monoisotopic (exact) mass is 198 g/mol. The van der Waals surface area contributed by atoms with Gasteiger partial charge in [0.2, 0.25) is 5.91 Å². The lowest BCUT2D eigenvalue weighted by molar-refractivity contribution is -0.121. The Bertz CT molecular complexity index is 194. The molecule has 1 rings (SSSR count). The van der Waals surface area contributed by atoms with Crippen molar-refractivity contribution in [2.24, 2.45) is 17.6 Å². The van der Waals surface area contributed by atoms with Crippen molar-refractivity contribution < 1.29 is 4.79 Å². The van der Waals surface area contributed by atoms with Crippen LogP contribution in [0.1, 0.15) is 39.5 Å². The van der Waals surface area contributed by atoms with Gasteiger partial charge in [-0.15, -0.1) is 0 Å². The predicted molar refractivity (Wildman–Crippen MR) is 57.8 cm³/mol. The van der Waals surface area contributed by atoms with E-state index < -0.39 is 0 Å². The minimum atomic E-state index is -0.196. The van der Waals surface area contributed by atoms with Gasteiger partial charge in [-0.2, -0.15) is 0 Å². The van der Waals surface area contributed by atoms with Crippen LogP contribution in [0.4, 0.5) is 0 Å². The summed E-state index contributed by atoms with van der Waals surface area (Å²) in [6.07, 6.45) is 4.60. The molecule has 1 fully saturated rings. The van der Waals surface area contributed by atoms with Gasteiger partial charge in [0, 0.05) is 0 Å². The number of primary amides is 1. The fourth-order valence-electron chi connectivity index (χ4n) is 2.37. The average molecular weight is 198 g/mol. The molecule has 3 atom stereocenters. The lowest BCUT2D eigenvalue weighted by Gasteiger charge is -2.32. The molecule has 0 spiro atoms. The second kappa shape index (κ2) is 5.35. The highest BCUT2D eigenvalue weighted by Gasteiger charge is 2.27. The van der Waals surface area contributed by atoms with Crippen molar-refractivity contribution in [2.75, 3.05) is 6.54 Å². The van der Waals surface area contributed by atoms with E-state index in [4.69, 9.17) is 5.73 Å². The number of amides is 1. The van der Waals surface area contributed by atoms with Gasteiger partial charge in [-0.1, -0.05) is 26.7 Å². The van der Waals surface area contributed by atoms with E-state index in [1.165, 1.54) is 19.3 Å². The summed E-state index contributed by atoms with van der Waals surface area (Å²) in [6.45, 7) is 5.44. The zero-order chi connectivity index (χ0) is 10.6. The van der Waals surface area contributed by atoms with E-state index in [-0.39, 0.29) is 11.9 Å². The average Bonchev–Trinajstić information content (AvgIpc) is 2.18. The highest BCUT2D eigenvalue weighted by Crippen LogP contribution is 2.27. The van der Waals surface area contributed by atoms with Crippen LogP contribution in [-0.4, -0.2) is 18.5 Å². The third-order valence-corrected chi connectivity index (χ3v) is 3.34. The van der Waals surface area contributed by atoms with Crippen LogP contribution < -0.4 is 11.1 Å². The summed E-state index contributed by atoms with van der Waals surface area (Å²) in [4.78, 5) is 11.0. The summed E-state index contributed by atoms with van der Waals surface area (Å²) in [5.74, 6) is 1.20. The molecule has 0 saturated carbocycles. The topological polar surface area (TPSA) is 55.1 Å². The molecule has 3 unspecified atom stereocenters. The van der Waals surface area contributed by atoms with Gasteiger partial charge < -0.3 is 11.1 Å². The molecule has 3 N–H and O–H groups in total.